The predicted molar refractivity (Wildman–Crippen MR) is 86.3 cm³/mol. The number of fused-ring (bicyclic) bond motifs is 1. The minimum absolute atomic E-state index is 0.0561. The van der Waals surface area contributed by atoms with Crippen molar-refractivity contribution in [3.8, 4) is 5.69 Å². The van der Waals surface area contributed by atoms with Gasteiger partial charge in [0.1, 0.15) is 0 Å². The van der Waals surface area contributed by atoms with E-state index >= 15 is 0 Å². The van der Waals surface area contributed by atoms with Crippen LogP contribution >= 0.6 is 0 Å². The fraction of sp³-hybridized carbons (Fsp3) is 0.167. The summed E-state index contributed by atoms with van der Waals surface area (Å²) in [6.07, 6.45) is 3.43. The summed E-state index contributed by atoms with van der Waals surface area (Å²) in [5, 5.41) is 11.5. The lowest BCUT2D eigenvalue weighted by molar-refractivity contribution is 0.0931. The van der Waals surface area contributed by atoms with Crippen LogP contribution in [0.4, 0.5) is 0 Å². The number of hydrogen-bond donors (Lipinski definition) is 1. The Morgan fingerprint density at radius 2 is 1.87 bits per heavy atom. The van der Waals surface area contributed by atoms with E-state index in [4.69, 9.17) is 0 Å². The van der Waals surface area contributed by atoms with Crippen molar-refractivity contribution in [2.75, 3.05) is 0 Å². The SMILES string of the molecule is O=C(NC1CCc2ccccc21)c1cnn(-c2ccccc2)n1. The molecule has 0 fully saturated rings. The molecule has 1 aliphatic rings. The monoisotopic (exact) mass is 304 g/mol. The Bertz CT molecular complexity index is 841. The molecule has 0 spiro atoms. The Morgan fingerprint density at radius 3 is 2.74 bits per heavy atom. The molecule has 1 N–H and O–H groups in total. The average Bonchev–Trinajstić information content (AvgIpc) is 3.24. The number of para-hydroxylation sites is 1. The van der Waals surface area contributed by atoms with Gasteiger partial charge in [-0.1, -0.05) is 42.5 Å². The zero-order chi connectivity index (χ0) is 15.6. The van der Waals surface area contributed by atoms with Crippen molar-refractivity contribution in [2.45, 2.75) is 18.9 Å². The van der Waals surface area contributed by atoms with Gasteiger partial charge in [0.2, 0.25) is 0 Å². The third-order valence-corrected chi connectivity index (χ3v) is 4.15. The summed E-state index contributed by atoms with van der Waals surface area (Å²) in [6, 6.07) is 17.8. The molecule has 1 heterocycles. The Balaban J connectivity index is 1.52. The fourth-order valence-electron chi connectivity index (χ4n) is 2.99. The molecule has 1 aromatic heterocycles. The van der Waals surface area contributed by atoms with Gasteiger partial charge in [0, 0.05) is 0 Å². The largest absolute Gasteiger partial charge is 0.344 e. The van der Waals surface area contributed by atoms with Gasteiger partial charge in [0.25, 0.3) is 5.91 Å². The third kappa shape index (κ3) is 2.61. The fourth-order valence-corrected chi connectivity index (χ4v) is 2.99. The van der Waals surface area contributed by atoms with E-state index in [1.165, 1.54) is 22.1 Å². The number of carbonyl (C=O) groups is 1. The lowest BCUT2D eigenvalue weighted by Crippen LogP contribution is -2.27. The maximum atomic E-state index is 12.4. The highest BCUT2D eigenvalue weighted by atomic mass is 16.2. The first-order chi connectivity index (χ1) is 11.3. The molecule has 1 aliphatic carbocycles. The van der Waals surface area contributed by atoms with Crippen molar-refractivity contribution in [3.63, 3.8) is 0 Å². The Morgan fingerprint density at radius 1 is 1.09 bits per heavy atom. The summed E-state index contributed by atoms with van der Waals surface area (Å²) in [7, 11) is 0. The van der Waals surface area contributed by atoms with Crippen molar-refractivity contribution >= 4 is 5.91 Å². The highest BCUT2D eigenvalue weighted by Crippen LogP contribution is 2.30. The Labute approximate surface area is 134 Å². The average molecular weight is 304 g/mol. The van der Waals surface area contributed by atoms with Gasteiger partial charge < -0.3 is 5.32 Å². The summed E-state index contributed by atoms with van der Waals surface area (Å²) >= 11 is 0. The minimum Gasteiger partial charge on any atom is -0.344 e. The third-order valence-electron chi connectivity index (χ3n) is 4.15. The van der Waals surface area contributed by atoms with Crippen LogP contribution in [0.25, 0.3) is 5.69 Å². The van der Waals surface area contributed by atoms with Gasteiger partial charge >= 0.3 is 0 Å². The maximum absolute atomic E-state index is 12.4. The van der Waals surface area contributed by atoms with Crippen molar-refractivity contribution in [1.29, 1.82) is 0 Å². The smallest absolute Gasteiger partial charge is 0.273 e. The van der Waals surface area contributed by atoms with E-state index in [0.717, 1.165) is 18.5 Å². The number of nitrogens with one attached hydrogen (secondary N) is 1. The van der Waals surface area contributed by atoms with E-state index < -0.39 is 0 Å². The molecule has 4 rings (SSSR count). The minimum atomic E-state index is -0.186. The van der Waals surface area contributed by atoms with Crippen LogP contribution in [0.2, 0.25) is 0 Å². The van der Waals surface area contributed by atoms with Gasteiger partial charge in [-0.15, -0.1) is 5.10 Å². The number of aromatic nitrogens is 3. The van der Waals surface area contributed by atoms with Gasteiger partial charge in [-0.2, -0.15) is 9.90 Å². The number of aryl methyl sites for hydroxylation is 1. The molecular formula is C18H16N4O. The molecule has 1 unspecified atom stereocenters. The first kappa shape index (κ1) is 13.7. The summed E-state index contributed by atoms with van der Waals surface area (Å²) < 4.78 is 0. The van der Waals surface area contributed by atoms with Crippen LogP contribution in [0.5, 0.6) is 0 Å². The van der Waals surface area contributed by atoms with Crippen LogP contribution in [0.15, 0.2) is 60.8 Å². The van der Waals surface area contributed by atoms with Crippen molar-refractivity contribution in [2.24, 2.45) is 0 Å². The number of nitrogens with zero attached hydrogens (tertiary/aromatic N) is 3. The van der Waals surface area contributed by atoms with Gasteiger partial charge in [-0.3, -0.25) is 4.79 Å². The van der Waals surface area contributed by atoms with Crippen molar-refractivity contribution in [3.05, 3.63) is 77.6 Å². The molecule has 0 radical (unpaired) electrons. The quantitative estimate of drug-likeness (QED) is 0.809. The van der Waals surface area contributed by atoms with Crippen LogP contribution in [-0.4, -0.2) is 20.9 Å². The van der Waals surface area contributed by atoms with E-state index in [1.54, 1.807) is 0 Å². The van der Waals surface area contributed by atoms with Crippen LogP contribution in [0, 0.1) is 0 Å². The normalized spacial score (nSPS) is 16.1. The van der Waals surface area contributed by atoms with Crippen LogP contribution < -0.4 is 5.32 Å². The molecule has 5 nitrogen and oxygen atoms in total. The number of rotatable bonds is 3. The molecule has 1 amide bonds. The number of amides is 1. The first-order valence-electron chi connectivity index (χ1n) is 7.68. The zero-order valence-electron chi connectivity index (χ0n) is 12.5. The molecular weight excluding hydrogens is 288 g/mol. The second kappa shape index (κ2) is 5.68. The van der Waals surface area contributed by atoms with Crippen LogP contribution in [0.1, 0.15) is 34.1 Å². The lowest BCUT2D eigenvalue weighted by atomic mass is 10.1. The summed E-state index contributed by atoms with van der Waals surface area (Å²) in [6.45, 7) is 0. The number of hydrogen-bond acceptors (Lipinski definition) is 3. The maximum Gasteiger partial charge on any atom is 0.273 e. The second-order valence-electron chi connectivity index (χ2n) is 5.62. The molecule has 2 aromatic carbocycles. The van der Waals surface area contributed by atoms with Crippen molar-refractivity contribution in [1.82, 2.24) is 20.3 Å². The molecule has 0 bridgehead atoms. The number of carbonyl (C=O) groups excluding carboxylic acids is 1. The van der Waals surface area contributed by atoms with E-state index in [1.807, 2.05) is 42.5 Å². The molecule has 114 valence electrons. The molecule has 0 saturated heterocycles. The first-order valence-corrected chi connectivity index (χ1v) is 7.68. The summed E-state index contributed by atoms with van der Waals surface area (Å²) in [5.41, 5.74) is 3.68. The molecule has 23 heavy (non-hydrogen) atoms. The highest BCUT2D eigenvalue weighted by Gasteiger charge is 2.24. The standard InChI is InChI=1S/C18H16N4O/c23-18(20-16-11-10-13-6-4-5-9-15(13)16)17-12-19-22(21-17)14-7-2-1-3-8-14/h1-9,12,16H,10-11H2,(H,20,23). The van der Waals surface area contributed by atoms with Crippen LogP contribution in [0.3, 0.4) is 0 Å². The second-order valence-corrected chi connectivity index (χ2v) is 5.62. The topological polar surface area (TPSA) is 59.8 Å². The molecule has 0 aliphatic heterocycles. The van der Waals surface area contributed by atoms with Crippen molar-refractivity contribution < 1.29 is 4.79 Å². The molecule has 0 saturated carbocycles. The predicted octanol–water partition coefficient (Wildman–Crippen LogP) is 2.68. The summed E-state index contributed by atoms with van der Waals surface area (Å²) in [5.74, 6) is -0.186. The van der Waals surface area contributed by atoms with Gasteiger partial charge in [-0.25, -0.2) is 0 Å². The van der Waals surface area contributed by atoms with E-state index in [2.05, 4.69) is 27.6 Å². The molecule has 1 atom stereocenters. The van der Waals surface area contributed by atoms with Gasteiger partial charge in [0.05, 0.1) is 17.9 Å². The summed E-state index contributed by atoms with van der Waals surface area (Å²) in [4.78, 5) is 13.9. The highest BCUT2D eigenvalue weighted by molar-refractivity contribution is 5.92. The van der Waals surface area contributed by atoms with Gasteiger partial charge in [0.15, 0.2) is 5.69 Å². The van der Waals surface area contributed by atoms with E-state index in [9.17, 15) is 4.79 Å². The van der Waals surface area contributed by atoms with E-state index in [-0.39, 0.29) is 11.9 Å². The zero-order valence-corrected chi connectivity index (χ0v) is 12.5. The van der Waals surface area contributed by atoms with Crippen LogP contribution in [-0.2, 0) is 6.42 Å². The molecule has 5 heteroatoms. The Hall–Kier alpha value is -2.95. The van der Waals surface area contributed by atoms with Gasteiger partial charge in [-0.05, 0) is 36.1 Å². The molecule has 3 aromatic rings. The Kier molecular flexibility index (Phi) is 3.38. The lowest BCUT2D eigenvalue weighted by Gasteiger charge is -2.12. The number of benzene rings is 2. The van der Waals surface area contributed by atoms with E-state index in [0.29, 0.717) is 5.69 Å².